The molecule has 0 aromatic heterocycles. The number of hydrogen-bond donors (Lipinski definition) is 1. The lowest BCUT2D eigenvalue weighted by Gasteiger charge is -2.55. The highest BCUT2D eigenvalue weighted by molar-refractivity contribution is 5.77. The van der Waals surface area contributed by atoms with Crippen LogP contribution in [0.3, 0.4) is 0 Å². The van der Waals surface area contributed by atoms with Gasteiger partial charge in [-0.15, -0.1) is 0 Å². The molecule has 0 heterocycles. The number of esters is 1. The van der Waals surface area contributed by atoms with E-state index in [0.29, 0.717) is 6.61 Å². The summed E-state index contributed by atoms with van der Waals surface area (Å²) in [5, 5.41) is 0. The first-order valence-electron chi connectivity index (χ1n) is 7.32. The predicted octanol–water partition coefficient (Wildman–Crippen LogP) is 2.48. The van der Waals surface area contributed by atoms with Crippen LogP contribution in [0.5, 0.6) is 0 Å². The fourth-order valence-electron chi connectivity index (χ4n) is 4.77. The van der Waals surface area contributed by atoms with Crippen molar-refractivity contribution in [2.75, 3.05) is 6.61 Å². The molecular weight excluding hydrogens is 226 g/mol. The number of ether oxygens (including phenoxy) is 1. The number of hydrogen-bond acceptors (Lipinski definition) is 3. The molecule has 0 aromatic carbocycles. The van der Waals surface area contributed by atoms with Gasteiger partial charge in [-0.25, -0.2) is 0 Å². The Bertz CT molecular complexity index is 321. The highest BCUT2D eigenvalue weighted by atomic mass is 16.5. The van der Waals surface area contributed by atoms with Gasteiger partial charge in [-0.3, -0.25) is 4.79 Å². The predicted molar refractivity (Wildman–Crippen MR) is 69.8 cm³/mol. The van der Waals surface area contributed by atoms with Gasteiger partial charge in [-0.1, -0.05) is 0 Å². The summed E-state index contributed by atoms with van der Waals surface area (Å²) in [4.78, 5) is 12.5. The minimum atomic E-state index is -0.419. The number of carbonyl (C=O) groups excluding carboxylic acids is 1. The molecule has 0 amide bonds. The molecule has 0 aliphatic heterocycles. The van der Waals surface area contributed by atoms with Crippen molar-refractivity contribution in [3.63, 3.8) is 0 Å². The summed E-state index contributed by atoms with van der Waals surface area (Å²) in [7, 11) is 0. The van der Waals surface area contributed by atoms with E-state index >= 15 is 0 Å². The SMILES string of the molecule is CC(C)(N)COC(=O)C12CC3CC(CC(C3)C1)C2. The Kier molecular flexibility index (Phi) is 2.74. The number of carbonyl (C=O) groups is 1. The molecule has 4 saturated carbocycles. The van der Waals surface area contributed by atoms with Gasteiger partial charge in [-0.05, 0) is 70.1 Å². The lowest BCUT2D eigenvalue weighted by atomic mass is 9.49. The van der Waals surface area contributed by atoms with Crippen molar-refractivity contribution in [1.82, 2.24) is 0 Å². The molecule has 102 valence electrons. The van der Waals surface area contributed by atoms with E-state index in [9.17, 15) is 4.79 Å². The Labute approximate surface area is 109 Å². The van der Waals surface area contributed by atoms with Crippen LogP contribution < -0.4 is 5.73 Å². The zero-order chi connectivity index (χ0) is 13.0. The third-order valence-corrected chi connectivity index (χ3v) is 5.05. The van der Waals surface area contributed by atoms with Crippen LogP contribution in [0.1, 0.15) is 52.4 Å². The van der Waals surface area contributed by atoms with Gasteiger partial charge in [-0.2, -0.15) is 0 Å². The highest BCUT2D eigenvalue weighted by Gasteiger charge is 2.55. The van der Waals surface area contributed by atoms with Crippen molar-refractivity contribution >= 4 is 5.97 Å². The van der Waals surface area contributed by atoms with Crippen LogP contribution in [0.25, 0.3) is 0 Å². The molecule has 4 fully saturated rings. The van der Waals surface area contributed by atoms with E-state index in [1.54, 1.807) is 0 Å². The Morgan fingerprint density at radius 1 is 1.17 bits per heavy atom. The van der Waals surface area contributed by atoms with Gasteiger partial charge >= 0.3 is 5.97 Å². The second-order valence-electron chi connectivity index (χ2n) is 7.76. The molecule has 0 spiro atoms. The molecule has 0 aromatic rings. The molecule has 4 aliphatic carbocycles. The van der Waals surface area contributed by atoms with Crippen LogP contribution in [0.15, 0.2) is 0 Å². The first-order valence-corrected chi connectivity index (χ1v) is 7.32. The summed E-state index contributed by atoms with van der Waals surface area (Å²) in [6.45, 7) is 4.15. The van der Waals surface area contributed by atoms with Crippen molar-refractivity contribution in [1.29, 1.82) is 0 Å². The van der Waals surface area contributed by atoms with Crippen molar-refractivity contribution in [3.8, 4) is 0 Å². The van der Waals surface area contributed by atoms with Gasteiger partial charge < -0.3 is 10.5 Å². The van der Waals surface area contributed by atoms with Crippen molar-refractivity contribution in [2.24, 2.45) is 28.9 Å². The summed E-state index contributed by atoms with van der Waals surface area (Å²) >= 11 is 0. The highest BCUT2D eigenvalue weighted by Crippen LogP contribution is 2.60. The fraction of sp³-hybridized carbons (Fsp3) is 0.933. The van der Waals surface area contributed by atoms with E-state index in [2.05, 4.69) is 0 Å². The maximum atomic E-state index is 12.5. The molecule has 4 bridgehead atoms. The molecule has 0 radical (unpaired) electrons. The monoisotopic (exact) mass is 251 g/mol. The van der Waals surface area contributed by atoms with Gasteiger partial charge in [0.25, 0.3) is 0 Å². The third kappa shape index (κ3) is 2.18. The van der Waals surface area contributed by atoms with Crippen molar-refractivity contribution < 1.29 is 9.53 Å². The fourth-order valence-corrected chi connectivity index (χ4v) is 4.77. The van der Waals surface area contributed by atoms with Gasteiger partial charge in [0, 0.05) is 5.54 Å². The van der Waals surface area contributed by atoms with Crippen LogP contribution in [0, 0.1) is 23.2 Å². The lowest BCUT2D eigenvalue weighted by Crippen LogP contribution is -2.51. The quantitative estimate of drug-likeness (QED) is 0.784. The zero-order valence-corrected chi connectivity index (χ0v) is 11.6. The number of nitrogens with two attached hydrogens (primary N) is 1. The Morgan fingerprint density at radius 2 is 1.61 bits per heavy atom. The maximum absolute atomic E-state index is 12.5. The van der Waals surface area contributed by atoms with E-state index in [0.717, 1.165) is 37.0 Å². The van der Waals surface area contributed by atoms with Crippen LogP contribution in [0.2, 0.25) is 0 Å². The molecule has 2 N–H and O–H groups in total. The largest absolute Gasteiger partial charge is 0.463 e. The minimum Gasteiger partial charge on any atom is -0.463 e. The Balaban J connectivity index is 1.69. The summed E-state index contributed by atoms with van der Waals surface area (Å²) in [6.07, 6.45) is 7.28. The Hall–Kier alpha value is -0.570. The van der Waals surface area contributed by atoms with E-state index in [1.165, 1.54) is 19.3 Å². The standard InChI is InChI=1S/C15H25NO2/c1-14(2,16)9-18-13(17)15-6-10-3-11(7-15)5-12(4-10)8-15/h10-12H,3-9,16H2,1-2H3. The van der Waals surface area contributed by atoms with E-state index < -0.39 is 5.54 Å². The van der Waals surface area contributed by atoms with Gasteiger partial charge in [0.1, 0.15) is 6.61 Å². The molecular formula is C15H25NO2. The topological polar surface area (TPSA) is 52.3 Å². The van der Waals surface area contributed by atoms with Crippen LogP contribution in [-0.2, 0) is 9.53 Å². The molecule has 4 rings (SSSR count). The summed E-state index contributed by atoms with van der Waals surface area (Å²) in [6, 6.07) is 0. The molecule has 0 unspecified atom stereocenters. The lowest BCUT2D eigenvalue weighted by molar-refractivity contribution is -0.173. The van der Waals surface area contributed by atoms with Crippen molar-refractivity contribution in [2.45, 2.75) is 57.9 Å². The van der Waals surface area contributed by atoms with Gasteiger partial charge in [0.05, 0.1) is 5.41 Å². The van der Waals surface area contributed by atoms with Gasteiger partial charge in [0.2, 0.25) is 0 Å². The summed E-state index contributed by atoms with van der Waals surface area (Å²) in [5.41, 5.74) is 5.34. The normalized spacial score (nSPS) is 42.1. The van der Waals surface area contributed by atoms with E-state index in [4.69, 9.17) is 10.5 Å². The summed E-state index contributed by atoms with van der Waals surface area (Å²) < 4.78 is 5.53. The second kappa shape index (κ2) is 3.96. The third-order valence-electron chi connectivity index (χ3n) is 5.05. The van der Waals surface area contributed by atoms with E-state index in [-0.39, 0.29) is 11.4 Å². The second-order valence-corrected chi connectivity index (χ2v) is 7.76. The molecule has 3 heteroatoms. The zero-order valence-electron chi connectivity index (χ0n) is 11.6. The van der Waals surface area contributed by atoms with Gasteiger partial charge in [0.15, 0.2) is 0 Å². The average molecular weight is 251 g/mol. The van der Waals surface area contributed by atoms with Crippen LogP contribution in [0.4, 0.5) is 0 Å². The summed E-state index contributed by atoms with van der Waals surface area (Å²) in [5.74, 6) is 2.40. The molecule has 0 saturated heterocycles. The first-order chi connectivity index (χ1) is 8.36. The number of rotatable bonds is 3. The van der Waals surface area contributed by atoms with Crippen LogP contribution in [-0.4, -0.2) is 18.1 Å². The smallest absolute Gasteiger partial charge is 0.312 e. The average Bonchev–Trinajstić information content (AvgIpc) is 2.22. The van der Waals surface area contributed by atoms with Crippen molar-refractivity contribution in [3.05, 3.63) is 0 Å². The van der Waals surface area contributed by atoms with E-state index in [1.807, 2.05) is 13.8 Å². The molecule has 0 atom stereocenters. The molecule has 3 nitrogen and oxygen atoms in total. The first kappa shape index (κ1) is 12.5. The van der Waals surface area contributed by atoms with Crippen LogP contribution >= 0.6 is 0 Å². The molecule has 18 heavy (non-hydrogen) atoms. The maximum Gasteiger partial charge on any atom is 0.312 e. The minimum absolute atomic E-state index is 0.0418. The Morgan fingerprint density at radius 3 is 2.00 bits per heavy atom. The molecule has 4 aliphatic rings.